The lowest BCUT2D eigenvalue weighted by atomic mass is 10.1. The Morgan fingerprint density at radius 1 is 1.29 bits per heavy atom. The minimum Gasteiger partial charge on any atom is -0.349 e. The van der Waals surface area contributed by atoms with Crippen molar-refractivity contribution < 1.29 is 9.59 Å². The molecule has 0 aliphatic rings. The maximum Gasteiger partial charge on any atom is 0.220 e. The molecular formula is C16H19NO2S2. The normalized spacial score (nSPS) is 12.1. The Bertz CT molecular complexity index is 629. The second kappa shape index (κ2) is 7.00. The van der Waals surface area contributed by atoms with E-state index in [1.165, 1.54) is 0 Å². The molecule has 0 saturated carbocycles. The van der Waals surface area contributed by atoms with E-state index in [0.29, 0.717) is 0 Å². The molecule has 2 heterocycles. The first-order valence-electron chi connectivity index (χ1n) is 6.90. The van der Waals surface area contributed by atoms with E-state index < -0.39 is 0 Å². The quantitative estimate of drug-likeness (QED) is 0.808. The van der Waals surface area contributed by atoms with Crippen molar-refractivity contribution in [2.45, 2.75) is 39.7 Å². The van der Waals surface area contributed by atoms with Crippen LogP contribution in [0.3, 0.4) is 0 Å². The standard InChI is InChI=1S/C16H19NO2S2/c1-10-9-13(12(3)21-10)14(18)6-7-16(19)17-11(2)15-5-4-8-20-15/h4-5,8-9,11H,6-7H2,1-3H3,(H,17,19). The van der Waals surface area contributed by atoms with Crippen molar-refractivity contribution in [2.24, 2.45) is 0 Å². The average molecular weight is 321 g/mol. The number of carbonyl (C=O) groups excluding carboxylic acids is 2. The predicted octanol–water partition coefficient (Wildman–Crippen LogP) is 4.27. The van der Waals surface area contributed by atoms with E-state index in [1.807, 2.05) is 44.4 Å². The van der Waals surface area contributed by atoms with Gasteiger partial charge in [-0.2, -0.15) is 0 Å². The molecular weight excluding hydrogens is 302 g/mol. The molecule has 0 bridgehead atoms. The molecule has 2 aromatic rings. The molecule has 0 aliphatic heterocycles. The highest BCUT2D eigenvalue weighted by Gasteiger charge is 2.15. The van der Waals surface area contributed by atoms with Crippen molar-refractivity contribution in [1.29, 1.82) is 0 Å². The highest BCUT2D eigenvalue weighted by atomic mass is 32.1. The van der Waals surface area contributed by atoms with Crippen molar-refractivity contribution in [3.05, 3.63) is 43.8 Å². The molecule has 1 N–H and O–H groups in total. The van der Waals surface area contributed by atoms with E-state index in [4.69, 9.17) is 0 Å². The van der Waals surface area contributed by atoms with Gasteiger partial charge in [0.2, 0.25) is 5.91 Å². The number of amides is 1. The van der Waals surface area contributed by atoms with Crippen LogP contribution >= 0.6 is 22.7 Å². The van der Waals surface area contributed by atoms with E-state index in [1.54, 1.807) is 22.7 Å². The summed E-state index contributed by atoms with van der Waals surface area (Å²) in [6, 6.07) is 5.87. The van der Waals surface area contributed by atoms with E-state index in [-0.39, 0.29) is 30.6 Å². The van der Waals surface area contributed by atoms with Gasteiger partial charge in [-0.15, -0.1) is 22.7 Å². The molecule has 0 spiro atoms. The fourth-order valence-electron chi connectivity index (χ4n) is 2.19. The molecule has 0 saturated heterocycles. The Morgan fingerprint density at radius 3 is 2.62 bits per heavy atom. The summed E-state index contributed by atoms with van der Waals surface area (Å²) in [5.74, 6) is -0.0235. The zero-order chi connectivity index (χ0) is 15.4. The monoisotopic (exact) mass is 321 g/mol. The van der Waals surface area contributed by atoms with Gasteiger partial charge in [0.1, 0.15) is 0 Å². The van der Waals surface area contributed by atoms with E-state index in [0.717, 1.165) is 20.2 Å². The SMILES string of the molecule is Cc1cc(C(=O)CCC(=O)NC(C)c2cccs2)c(C)s1. The van der Waals surface area contributed by atoms with Crippen LogP contribution in [-0.4, -0.2) is 11.7 Å². The average Bonchev–Trinajstić information content (AvgIpc) is 3.05. The number of ketones is 1. The molecule has 2 aromatic heterocycles. The number of nitrogens with one attached hydrogen (secondary N) is 1. The Labute approximate surface area is 133 Å². The van der Waals surface area contributed by atoms with Crippen LogP contribution < -0.4 is 5.32 Å². The van der Waals surface area contributed by atoms with Gasteiger partial charge in [0.25, 0.3) is 0 Å². The Kier molecular flexibility index (Phi) is 5.31. The first-order valence-corrected chi connectivity index (χ1v) is 8.60. The van der Waals surface area contributed by atoms with Gasteiger partial charge >= 0.3 is 0 Å². The van der Waals surface area contributed by atoms with Crippen molar-refractivity contribution >= 4 is 34.4 Å². The van der Waals surface area contributed by atoms with Crippen LogP contribution in [0.4, 0.5) is 0 Å². The van der Waals surface area contributed by atoms with Crippen LogP contribution in [0.2, 0.25) is 0 Å². The van der Waals surface area contributed by atoms with Gasteiger partial charge in [0.15, 0.2) is 5.78 Å². The summed E-state index contributed by atoms with van der Waals surface area (Å²) in [4.78, 5) is 27.3. The Morgan fingerprint density at radius 2 is 2.05 bits per heavy atom. The maximum absolute atomic E-state index is 12.1. The second-order valence-electron chi connectivity index (χ2n) is 5.05. The minimum absolute atomic E-state index is 0.00210. The van der Waals surface area contributed by atoms with Crippen molar-refractivity contribution in [3.8, 4) is 0 Å². The number of aryl methyl sites for hydroxylation is 2. The summed E-state index contributed by atoms with van der Waals surface area (Å²) in [6.45, 7) is 5.89. The molecule has 0 aliphatic carbocycles. The molecule has 0 radical (unpaired) electrons. The van der Waals surface area contributed by atoms with Crippen LogP contribution in [-0.2, 0) is 4.79 Å². The summed E-state index contributed by atoms with van der Waals surface area (Å²) in [7, 11) is 0. The van der Waals surface area contributed by atoms with Crippen LogP contribution in [0.5, 0.6) is 0 Å². The van der Waals surface area contributed by atoms with Gasteiger partial charge in [-0.3, -0.25) is 9.59 Å². The van der Waals surface area contributed by atoms with Crippen LogP contribution in [0.25, 0.3) is 0 Å². The zero-order valence-corrected chi connectivity index (χ0v) is 14.1. The fraction of sp³-hybridized carbons (Fsp3) is 0.375. The first-order chi connectivity index (χ1) is 9.97. The largest absolute Gasteiger partial charge is 0.349 e. The third-order valence-electron chi connectivity index (χ3n) is 3.27. The van der Waals surface area contributed by atoms with Crippen molar-refractivity contribution in [2.75, 3.05) is 0 Å². The second-order valence-corrected chi connectivity index (χ2v) is 7.49. The molecule has 0 fully saturated rings. The lowest BCUT2D eigenvalue weighted by Gasteiger charge is -2.11. The highest BCUT2D eigenvalue weighted by molar-refractivity contribution is 7.12. The summed E-state index contributed by atoms with van der Waals surface area (Å²) >= 11 is 3.24. The van der Waals surface area contributed by atoms with Gasteiger partial charge in [-0.1, -0.05) is 6.07 Å². The van der Waals surface area contributed by atoms with Gasteiger partial charge in [-0.25, -0.2) is 0 Å². The topological polar surface area (TPSA) is 46.2 Å². The molecule has 1 atom stereocenters. The highest BCUT2D eigenvalue weighted by Crippen LogP contribution is 2.22. The first kappa shape index (κ1) is 15.9. The van der Waals surface area contributed by atoms with Gasteiger partial charge in [0, 0.05) is 33.0 Å². The molecule has 1 unspecified atom stereocenters. The molecule has 1 amide bonds. The number of hydrogen-bond donors (Lipinski definition) is 1. The summed E-state index contributed by atoms with van der Waals surface area (Å²) in [6.07, 6.45) is 0.503. The lowest BCUT2D eigenvalue weighted by Crippen LogP contribution is -2.26. The number of carbonyl (C=O) groups is 2. The van der Waals surface area contributed by atoms with E-state index >= 15 is 0 Å². The third kappa shape index (κ3) is 4.25. The van der Waals surface area contributed by atoms with E-state index in [2.05, 4.69) is 5.32 Å². The summed E-state index contributed by atoms with van der Waals surface area (Å²) in [5, 5.41) is 4.92. The molecule has 112 valence electrons. The Hall–Kier alpha value is -1.46. The van der Waals surface area contributed by atoms with E-state index in [9.17, 15) is 9.59 Å². The number of rotatable bonds is 6. The van der Waals surface area contributed by atoms with Crippen LogP contribution in [0.15, 0.2) is 23.6 Å². The number of hydrogen-bond acceptors (Lipinski definition) is 4. The third-order valence-corrected chi connectivity index (χ3v) is 5.29. The predicted molar refractivity (Wildman–Crippen MR) is 88.2 cm³/mol. The van der Waals surface area contributed by atoms with Crippen LogP contribution in [0, 0.1) is 13.8 Å². The molecule has 0 aromatic carbocycles. The van der Waals surface area contributed by atoms with Crippen molar-refractivity contribution in [1.82, 2.24) is 5.32 Å². The zero-order valence-electron chi connectivity index (χ0n) is 12.4. The lowest BCUT2D eigenvalue weighted by molar-refractivity contribution is -0.121. The smallest absolute Gasteiger partial charge is 0.220 e. The van der Waals surface area contributed by atoms with Crippen molar-refractivity contribution in [3.63, 3.8) is 0 Å². The molecule has 5 heteroatoms. The van der Waals surface area contributed by atoms with Crippen LogP contribution in [0.1, 0.15) is 50.8 Å². The number of Topliss-reactive ketones (excluding diaryl/α,β-unsaturated/α-hetero) is 1. The molecule has 2 rings (SSSR count). The molecule has 3 nitrogen and oxygen atoms in total. The van der Waals surface area contributed by atoms with Gasteiger partial charge in [-0.05, 0) is 38.3 Å². The number of thiophene rings is 2. The summed E-state index contributed by atoms with van der Waals surface area (Å²) < 4.78 is 0. The van der Waals surface area contributed by atoms with Gasteiger partial charge < -0.3 is 5.32 Å². The van der Waals surface area contributed by atoms with Gasteiger partial charge in [0.05, 0.1) is 6.04 Å². The summed E-state index contributed by atoms with van der Waals surface area (Å²) in [5.41, 5.74) is 0.761. The minimum atomic E-state index is -0.0751. The Balaban J connectivity index is 1.84. The molecule has 21 heavy (non-hydrogen) atoms. The fourth-order valence-corrected chi connectivity index (χ4v) is 3.87. The maximum atomic E-state index is 12.1.